The van der Waals surface area contributed by atoms with Crippen LogP contribution in [0.15, 0.2) is 40.3 Å². The van der Waals surface area contributed by atoms with Gasteiger partial charge in [0.15, 0.2) is 0 Å². The van der Waals surface area contributed by atoms with E-state index in [-0.39, 0.29) is 12.1 Å². The van der Waals surface area contributed by atoms with Crippen molar-refractivity contribution in [3.63, 3.8) is 0 Å². The van der Waals surface area contributed by atoms with Gasteiger partial charge in [-0.15, -0.1) is 11.3 Å². The van der Waals surface area contributed by atoms with Gasteiger partial charge < -0.3 is 14.1 Å². The van der Waals surface area contributed by atoms with Crippen LogP contribution in [-0.4, -0.2) is 30.2 Å². The van der Waals surface area contributed by atoms with E-state index >= 15 is 0 Å². The number of carbonyl (C=O) groups excluding carboxylic acids is 1. The monoisotopic (exact) mass is 306 g/mol. The van der Waals surface area contributed by atoms with E-state index in [2.05, 4.69) is 5.32 Å². The molecule has 0 aliphatic carbocycles. The zero-order chi connectivity index (χ0) is 14.5. The third-order valence-electron chi connectivity index (χ3n) is 3.55. The quantitative estimate of drug-likeness (QED) is 0.939. The molecule has 5 nitrogen and oxygen atoms in total. The number of thiophene rings is 1. The summed E-state index contributed by atoms with van der Waals surface area (Å²) in [5, 5.41) is 5.76. The summed E-state index contributed by atoms with van der Waals surface area (Å²) >= 11 is 1.52. The number of furan rings is 1. The number of amides is 2. The van der Waals surface area contributed by atoms with E-state index in [1.807, 2.05) is 34.5 Å². The molecule has 1 saturated heterocycles. The number of ether oxygens (including phenoxy) is 1. The van der Waals surface area contributed by atoms with Gasteiger partial charge in [0.2, 0.25) is 0 Å². The molecule has 1 N–H and O–H groups in total. The van der Waals surface area contributed by atoms with Gasteiger partial charge in [-0.2, -0.15) is 0 Å². The van der Waals surface area contributed by atoms with Gasteiger partial charge in [-0.05, 0) is 42.5 Å². The maximum atomic E-state index is 12.6. The molecule has 112 valence electrons. The van der Waals surface area contributed by atoms with E-state index in [1.165, 1.54) is 11.3 Å². The predicted octanol–water partition coefficient (Wildman–Crippen LogP) is 3.55. The summed E-state index contributed by atoms with van der Waals surface area (Å²) < 4.78 is 10.8. The number of nitrogens with one attached hydrogen (secondary N) is 1. The van der Waals surface area contributed by atoms with Crippen LogP contribution >= 0.6 is 11.3 Å². The number of urea groups is 1. The van der Waals surface area contributed by atoms with Crippen LogP contribution in [0.2, 0.25) is 0 Å². The topological polar surface area (TPSA) is 54.7 Å². The number of hydrogen-bond donors (Lipinski definition) is 1. The molecule has 0 radical (unpaired) electrons. The Morgan fingerprint density at radius 1 is 1.33 bits per heavy atom. The van der Waals surface area contributed by atoms with Crippen LogP contribution in [0.5, 0.6) is 0 Å². The molecule has 0 aromatic carbocycles. The zero-order valence-electron chi connectivity index (χ0n) is 11.7. The first-order valence-electron chi connectivity index (χ1n) is 7.04. The normalized spacial score (nSPS) is 15.8. The van der Waals surface area contributed by atoms with Crippen molar-refractivity contribution in [3.05, 3.63) is 41.7 Å². The highest BCUT2D eigenvalue weighted by Crippen LogP contribution is 2.21. The van der Waals surface area contributed by atoms with Gasteiger partial charge >= 0.3 is 6.03 Å². The second kappa shape index (κ2) is 6.78. The van der Waals surface area contributed by atoms with Crippen molar-refractivity contribution < 1.29 is 13.9 Å². The highest BCUT2D eigenvalue weighted by Gasteiger charge is 2.26. The molecule has 6 heteroatoms. The Hall–Kier alpha value is -1.79. The lowest BCUT2D eigenvalue weighted by molar-refractivity contribution is 0.0443. The Balaban J connectivity index is 1.72. The molecule has 0 unspecified atom stereocenters. The standard InChI is InChI=1S/C15H18N2O3S/c18-15(16-14-4-2-10-21-14)17(11-13-3-1-7-20-13)12-5-8-19-9-6-12/h1-4,7,10,12H,5-6,8-9,11H2,(H,16,18). The van der Waals surface area contributed by atoms with Crippen LogP contribution in [0.25, 0.3) is 0 Å². The van der Waals surface area contributed by atoms with Gasteiger partial charge in [0.05, 0.1) is 17.8 Å². The van der Waals surface area contributed by atoms with Crippen molar-refractivity contribution in [3.8, 4) is 0 Å². The molecule has 3 heterocycles. The number of nitrogens with zero attached hydrogens (tertiary/aromatic N) is 1. The lowest BCUT2D eigenvalue weighted by atomic mass is 10.1. The van der Waals surface area contributed by atoms with Gasteiger partial charge in [0.25, 0.3) is 0 Å². The molecule has 21 heavy (non-hydrogen) atoms. The maximum absolute atomic E-state index is 12.6. The van der Waals surface area contributed by atoms with Gasteiger partial charge in [-0.3, -0.25) is 5.32 Å². The first kappa shape index (κ1) is 14.2. The minimum Gasteiger partial charge on any atom is -0.467 e. The molecular weight excluding hydrogens is 288 g/mol. The largest absolute Gasteiger partial charge is 0.467 e. The highest BCUT2D eigenvalue weighted by molar-refractivity contribution is 7.14. The Morgan fingerprint density at radius 2 is 2.19 bits per heavy atom. The second-order valence-electron chi connectivity index (χ2n) is 4.96. The van der Waals surface area contributed by atoms with Crippen molar-refractivity contribution in [1.82, 2.24) is 4.90 Å². The smallest absolute Gasteiger partial charge is 0.323 e. The summed E-state index contributed by atoms with van der Waals surface area (Å²) in [4.78, 5) is 14.4. The molecule has 0 spiro atoms. The van der Waals surface area contributed by atoms with Crippen molar-refractivity contribution in [2.24, 2.45) is 0 Å². The summed E-state index contributed by atoms with van der Waals surface area (Å²) in [5.41, 5.74) is 0. The SMILES string of the molecule is O=C(Nc1cccs1)N(Cc1ccco1)C1CCOCC1. The lowest BCUT2D eigenvalue weighted by Gasteiger charge is -2.33. The Kier molecular flexibility index (Phi) is 4.57. The summed E-state index contributed by atoms with van der Waals surface area (Å²) in [7, 11) is 0. The average Bonchev–Trinajstić information content (AvgIpc) is 3.19. The number of hydrogen-bond acceptors (Lipinski definition) is 4. The maximum Gasteiger partial charge on any atom is 0.323 e. The molecule has 0 atom stereocenters. The van der Waals surface area contributed by atoms with Crippen molar-refractivity contribution in [2.45, 2.75) is 25.4 Å². The predicted molar refractivity (Wildman–Crippen MR) is 81.4 cm³/mol. The van der Waals surface area contributed by atoms with Crippen molar-refractivity contribution >= 4 is 22.4 Å². The molecule has 1 fully saturated rings. The molecular formula is C15H18N2O3S. The molecule has 2 aromatic heterocycles. The summed E-state index contributed by atoms with van der Waals surface area (Å²) in [5.74, 6) is 0.794. The molecule has 2 aromatic rings. The van der Waals surface area contributed by atoms with Gasteiger partial charge in [0.1, 0.15) is 5.76 Å². The minimum absolute atomic E-state index is 0.0826. The summed E-state index contributed by atoms with van der Waals surface area (Å²) in [6.07, 6.45) is 3.35. The number of rotatable bonds is 4. The molecule has 0 bridgehead atoms. The molecule has 1 aliphatic heterocycles. The van der Waals surface area contributed by atoms with Gasteiger partial charge in [0, 0.05) is 19.3 Å². The van der Waals surface area contributed by atoms with E-state index in [0.717, 1.165) is 23.6 Å². The minimum atomic E-state index is -0.0826. The molecule has 2 amide bonds. The molecule has 1 aliphatic rings. The molecule has 0 saturated carbocycles. The Bertz CT molecular complexity index is 548. The second-order valence-corrected chi connectivity index (χ2v) is 5.91. The van der Waals surface area contributed by atoms with E-state index in [0.29, 0.717) is 19.8 Å². The van der Waals surface area contributed by atoms with Crippen LogP contribution in [0, 0.1) is 0 Å². The van der Waals surface area contributed by atoms with Crippen molar-refractivity contribution in [2.75, 3.05) is 18.5 Å². The van der Waals surface area contributed by atoms with Gasteiger partial charge in [-0.1, -0.05) is 0 Å². The van der Waals surface area contributed by atoms with E-state index in [4.69, 9.17) is 9.15 Å². The van der Waals surface area contributed by atoms with Crippen LogP contribution in [-0.2, 0) is 11.3 Å². The average molecular weight is 306 g/mol. The fraction of sp³-hybridized carbons (Fsp3) is 0.400. The van der Waals surface area contributed by atoms with Crippen LogP contribution in [0.3, 0.4) is 0 Å². The van der Waals surface area contributed by atoms with Crippen molar-refractivity contribution in [1.29, 1.82) is 0 Å². The molecule has 3 rings (SSSR count). The van der Waals surface area contributed by atoms with Crippen LogP contribution in [0.1, 0.15) is 18.6 Å². The van der Waals surface area contributed by atoms with E-state index in [1.54, 1.807) is 6.26 Å². The van der Waals surface area contributed by atoms with Gasteiger partial charge in [-0.25, -0.2) is 4.79 Å². The van der Waals surface area contributed by atoms with E-state index in [9.17, 15) is 4.79 Å². The fourth-order valence-corrected chi connectivity index (χ4v) is 3.07. The first-order valence-corrected chi connectivity index (χ1v) is 7.92. The zero-order valence-corrected chi connectivity index (χ0v) is 12.5. The van der Waals surface area contributed by atoms with E-state index < -0.39 is 0 Å². The van der Waals surface area contributed by atoms with Crippen LogP contribution in [0.4, 0.5) is 9.80 Å². The lowest BCUT2D eigenvalue weighted by Crippen LogP contribution is -2.44. The number of carbonyl (C=O) groups is 1. The third kappa shape index (κ3) is 3.65. The third-order valence-corrected chi connectivity index (χ3v) is 4.34. The van der Waals surface area contributed by atoms with Crippen LogP contribution < -0.4 is 5.32 Å². The highest BCUT2D eigenvalue weighted by atomic mass is 32.1. The fourth-order valence-electron chi connectivity index (χ4n) is 2.46. The Morgan fingerprint density at radius 3 is 2.86 bits per heavy atom. The number of anilines is 1. The summed E-state index contributed by atoms with van der Waals surface area (Å²) in [6.45, 7) is 1.88. The summed E-state index contributed by atoms with van der Waals surface area (Å²) in [6, 6.07) is 7.66. The first-order chi connectivity index (χ1) is 10.3. The Labute approximate surface area is 127 Å².